The smallest absolute Gasteiger partial charge is 0.261 e. The first-order valence-electron chi connectivity index (χ1n) is 10.6. The number of amides is 1. The molecule has 2 aromatic rings. The third-order valence-electron chi connectivity index (χ3n) is 6.63. The summed E-state index contributed by atoms with van der Waals surface area (Å²) in [4.78, 5) is 12.5. The highest BCUT2D eigenvalue weighted by Crippen LogP contribution is 2.44. The summed E-state index contributed by atoms with van der Waals surface area (Å²) in [6.07, 6.45) is 1.73. The van der Waals surface area contributed by atoms with Gasteiger partial charge in [-0.1, -0.05) is 93.6 Å². The second-order valence-electron chi connectivity index (χ2n) is 9.46. The lowest BCUT2D eigenvalue weighted by atomic mass is 9.86. The van der Waals surface area contributed by atoms with Crippen molar-refractivity contribution in [3.8, 4) is 0 Å². The van der Waals surface area contributed by atoms with Gasteiger partial charge in [-0.25, -0.2) is 0 Å². The SMILES string of the molecule is C=C1CNC(=O)[C@H]2C[C@@H](O[Si](c3ccccc3)(c3ccccc3)C(C)(C)C)C[C@@H]12. The van der Waals surface area contributed by atoms with Crippen molar-refractivity contribution in [2.24, 2.45) is 11.8 Å². The Balaban J connectivity index is 1.78. The molecule has 29 heavy (non-hydrogen) atoms. The number of piperidine rings is 1. The molecule has 0 unspecified atom stereocenters. The molecule has 1 aliphatic carbocycles. The Labute approximate surface area is 175 Å². The van der Waals surface area contributed by atoms with E-state index in [1.165, 1.54) is 10.4 Å². The molecule has 4 rings (SSSR count). The molecule has 1 N–H and O–H groups in total. The normalized spacial score (nSPS) is 24.9. The topological polar surface area (TPSA) is 38.3 Å². The van der Waals surface area contributed by atoms with Crippen molar-refractivity contribution in [2.45, 2.75) is 44.8 Å². The molecule has 1 amide bonds. The minimum atomic E-state index is -2.58. The zero-order valence-electron chi connectivity index (χ0n) is 17.7. The number of nitrogens with one attached hydrogen (secondary N) is 1. The summed E-state index contributed by atoms with van der Waals surface area (Å²) < 4.78 is 7.24. The number of benzene rings is 2. The number of fused-ring (bicyclic) bond motifs is 1. The Morgan fingerprint density at radius 2 is 1.45 bits per heavy atom. The molecule has 0 bridgehead atoms. The predicted octanol–water partition coefficient (Wildman–Crippen LogP) is 3.64. The average Bonchev–Trinajstić information content (AvgIpc) is 3.15. The molecule has 1 saturated heterocycles. The molecule has 2 aromatic carbocycles. The first-order chi connectivity index (χ1) is 13.8. The van der Waals surface area contributed by atoms with Gasteiger partial charge < -0.3 is 9.74 Å². The maximum absolute atomic E-state index is 12.5. The van der Waals surface area contributed by atoms with Crippen LogP contribution in [0.25, 0.3) is 0 Å². The van der Waals surface area contributed by atoms with Crippen LogP contribution in [-0.2, 0) is 9.22 Å². The fourth-order valence-corrected chi connectivity index (χ4v) is 9.94. The highest BCUT2D eigenvalue weighted by Gasteiger charge is 2.53. The van der Waals surface area contributed by atoms with E-state index in [9.17, 15) is 4.79 Å². The highest BCUT2D eigenvalue weighted by molar-refractivity contribution is 6.99. The average molecular weight is 406 g/mol. The summed E-state index contributed by atoms with van der Waals surface area (Å²) in [5.74, 6) is 0.405. The molecule has 2 aliphatic rings. The Morgan fingerprint density at radius 3 is 1.93 bits per heavy atom. The van der Waals surface area contributed by atoms with E-state index in [1.54, 1.807) is 0 Å². The van der Waals surface area contributed by atoms with Crippen molar-refractivity contribution in [1.82, 2.24) is 5.32 Å². The maximum atomic E-state index is 12.5. The molecule has 0 spiro atoms. The van der Waals surface area contributed by atoms with Gasteiger partial charge in [-0.15, -0.1) is 0 Å². The van der Waals surface area contributed by atoms with Gasteiger partial charge in [0.05, 0.1) is 0 Å². The second kappa shape index (κ2) is 7.58. The van der Waals surface area contributed by atoms with E-state index in [4.69, 9.17) is 4.43 Å². The van der Waals surface area contributed by atoms with Crippen LogP contribution in [0.3, 0.4) is 0 Å². The van der Waals surface area contributed by atoms with Gasteiger partial charge in [0.2, 0.25) is 5.91 Å². The van der Waals surface area contributed by atoms with Gasteiger partial charge in [0.15, 0.2) is 0 Å². The summed E-state index contributed by atoms with van der Waals surface area (Å²) in [5.41, 5.74) is 1.14. The molecule has 4 heteroatoms. The third kappa shape index (κ3) is 3.49. The Bertz CT molecular complexity index is 825. The first kappa shape index (κ1) is 20.1. The van der Waals surface area contributed by atoms with Crippen molar-refractivity contribution < 1.29 is 9.22 Å². The summed E-state index contributed by atoms with van der Waals surface area (Å²) in [5, 5.41) is 5.52. The van der Waals surface area contributed by atoms with Crippen LogP contribution in [0.4, 0.5) is 0 Å². The first-order valence-corrected chi connectivity index (χ1v) is 12.5. The van der Waals surface area contributed by atoms with Gasteiger partial charge in [-0.05, 0) is 34.2 Å². The van der Waals surface area contributed by atoms with E-state index in [-0.39, 0.29) is 28.9 Å². The minimum absolute atomic E-state index is 0.000495. The van der Waals surface area contributed by atoms with Crippen molar-refractivity contribution in [1.29, 1.82) is 0 Å². The molecule has 152 valence electrons. The number of hydrogen-bond acceptors (Lipinski definition) is 2. The second-order valence-corrected chi connectivity index (χ2v) is 13.7. The molecule has 2 fully saturated rings. The monoisotopic (exact) mass is 405 g/mol. The lowest BCUT2D eigenvalue weighted by Crippen LogP contribution is -2.67. The number of carbonyl (C=O) groups excluding carboxylic acids is 1. The van der Waals surface area contributed by atoms with Gasteiger partial charge in [0.1, 0.15) is 0 Å². The van der Waals surface area contributed by atoms with Crippen molar-refractivity contribution in [2.75, 3.05) is 6.54 Å². The summed E-state index contributed by atoms with van der Waals surface area (Å²) in [6.45, 7) is 11.7. The van der Waals surface area contributed by atoms with E-state index >= 15 is 0 Å². The third-order valence-corrected chi connectivity index (χ3v) is 11.7. The lowest BCUT2D eigenvalue weighted by molar-refractivity contribution is -0.126. The van der Waals surface area contributed by atoms with Crippen LogP contribution in [-0.4, -0.2) is 26.9 Å². The lowest BCUT2D eigenvalue weighted by Gasteiger charge is -2.44. The van der Waals surface area contributed by atoms with Crippen molar-refractivity contribution in [3.05, 3.63) is 72.8 Å². The van der Waals surface area contributed by atoms with Gasteiger partial charge in [-0.2, -0.15) is 0 Å². The quantitative estimate of drug-likeness (QED) is 0.623. The fourth-order valence-electron chi connectivity index (χ4n) is 5.23. The minimum Gasteiger partial charge on any atom is -0.404 e. The highest BCUT2D eigenvalue weighted by atomic mass is 28.4. The maximum Gasteiger partial charge on any atom is 0.261 e. The van der Waals surface area contributed by atoms with Crippen LogP contribution in [0, 0.1) is 11.8 Å². The van der Waals surface area contributed by atoms with E-state index in [1.807, 2.05) is 0 Å². The molecular weight excluding hydrogens is 374 g/mol. The van der Waals surface area contributed by atoms with E-state index in [0.717, 1.165) is 18.4 Å². The van der Waals surface area contributed by atoms with Gasteiger partial charge in [0, 0.05) is 18.6 Å². The van der Waals surface area contributed by atoms with E-state index in [2.05, 4.69) is 93.3 Å². The molecule has 0 radical (unpaired) electrons. The standard InChI is InChI=1S/C25H31NO2Si/c1-18-17-26-24(27)23-16-19(15-22(18)23)28-29(25(2,3)4,20-11-7-5-8-12-20)21-13-9-6-10-14-21/h5-14,19,22-23H,1,15-17H2,2-4H3,(H,26,27)/t19-,22-,23-/m0/s1. The van der Waals surface area contributed by atoms with E-state index in [0.29, 0.717) is 6.54 Å². The number of hydrogen-bond donors (Lipinski definition) is 1. The molecule has 3 nitrogen and oxygen atoms in total. The molecular formula is C25H31NO2Si. The van der Waals surface area contributed by atoms with Crippen LogP contribution in [0.2, 0.25) is 5.04 Å². The fraction of sp³-hybridized carbons (Fsp3) is 0.400. The van der Waals surface area contributed by atoms with Crippen molar-refractivity contribution >= 4 is 24.6 Å². The van der Waals surface area contributed by atoms with Gasteiger partial charge >= 0.3 is 0 Å². The van der Waals surface area contributed by atoms with E-state index < -0.39 is 8.32 Å². The Morgan fingerprint density at radius 1 is 0.931 bits per heavy atom. The van der Waals surface area contributed by atoms with Crippen LogP contribution in [0.5, 0.6) is 0 Å². The molecule has 1 heterocycles. The molecule has 0 aromatic heterocycles. The largest absolute Gasteiger partial charge is 0.404 e. The Hall–Kier alpha value is -2.17. The summed E-state index contributed by atoms with van der Waals surface area (Å²) >= 11 is 0. The molecule has 3 atom stereocenters. The molecule has 1 saturated carbocycles. The molecule has 1 aliphatic heterocycles. The summed E-state index contributed by atoms with van der Waals surface area (Å²) in [6, 6.07) is 21.4. The predicted molar refractivity (Wildman–Crippen MR) is 121 cm³/mol. The number of rotatable bonds is 4. The number of carbonyl (C=O) groups is 1. The summed E-state index contributed by atoms with van der Waals surface area (Å²) in [7, 11) is -2.58. The van der Waals surface area contributed by atoms with Crippen LogP contribution >= 0.6 is 0 Å². The van der Waals surface area contributed by atoms with Crippen LogP contribution in [0.15, 0.2) is 72.8 Å². The van der Waals surface area contributed by atoms with Crippen molar-refractivity contribution in [3.63, 3.8) is 0 Å². The van der Waals surface area contributed by atoms with Gasteiger partial charge in [0.25, 0.3) is 8.32 Å². The zero-order valence-corrected chi connectivity index (χ0v) is 18.7. The van der Waals surface area contributed by atoms with Gasteiger partial charge in [-0.3, -0.25) is 4.79 Å². The Kier molecular flexibility index (Phi) is 5.26. The van der Waals surface area contributed by atoms with Crippen LogP contribution in [0.1, 0.15) is 33.6 Å². The van der Waals surface area contributed by atoms with Crippen LogP contribution < -0.4 is 15.7 Å². The zero-order chi connectivity index (χ0) is 20.6.